The Hall–Kier alpha value is -15.4. The molecule has 12 nitrogen and oxygen atoms in total. The normalized spacial score (nSPS) is 11.8. The molecule has 112 heavy (non-hydrogen) atoms. The average Bonchev–Trinajstić information content (AvgIpc) is 0.774. The van der Waals surface area contributed by atoms with E-state index in [0.717, 1.165) is 231 Å². The van der Waals surface area contributed by atoms with Gasteiger partial charge in [0, 0.05) is 136 Å². The van der Waals surface area contributed by atoms with Crippen molar-refractivity contribution in [2.45, 2.75) is 0 Å². The molecule has 0 aliphatic rings. The van der Waals surface area contributed by atoms with Crippen LogP contribution in [0.4, 0.5) is 0 Å². The number of hydrogen-bond donors (Lipinski definition) is 0. The van der Waals surface area contributed by atoms with E-state index in [1.54, 1.807) is 0 Å². The quantitative estimate of drug-likeness (QED) is 0.133. The second-order valence-electron chi connectivity index (χ2n) is 28.3. The highest BCUT2D eigenvalue weighted by Crippen LogP contribution is 2.41. The second kappa shape index (κ2) is 26.2. The molecule has 0 amide bonds. The van der Waals surface area contributed by atoms with E-state index < -0.39 is 0 Å². The van der Waals surface area contributed by atoms with Gasteiger partial charge in [0.15, 0.2) is 0 Å². The van der Waals surface area contributed by atoms with Crippen LogP contribution in [-0.2, 0) is 0 Å². The molecule has 12 heterocycles. The van der Waals surface area contributed by atoms with Crippen LogP contribution < -0.4 is 0 Å². The molecule has 0 N–H and O–H groups in total. The van der Waals surface area contributed by atoms with E-state index in [9.17, 15) is 0 Å². The van der Waals surface area contributed by atoms with Crippen molar-refractivity contribution < 1.29 is 0 Å². The Bertz CT molecular complexity index is 7860. The molecule has 518 valence electrons. The number of hydrogen-bond acceptors (Lipinski definition) is 12. The fraction of sp³-hybridized carbons (Fsp3) is 0. The first-order valence-electron chi connectivity index (χ1n) is 37.3. The van der Waals surface area contributed by atoms with Crippen molar-refractivity contribution in [1.82, 2.24) is 59.8 Å². The zero-order valence-electron chi connectivity index (χ0n) is 59.9. The summed E-state index contributed by atoms with van der Waals surface area (Å²) in [5.74, 6) is 0. The summed E-state index contributed by atoms with van der Waals surface area (Å²) in [4.78, 5) is 58.1. The van der Waals surface area contributed by atoms with Gasteiger partial charge in [0.25, 0.3) is 0 Å². The lowest BCUT2D eigenvalue weighted by molar-refractivity contribution is 1.36. The smallest absolute Gasteiger partial charge is 0.0972 e. The van der Waals surface area contributed by atoms with Crippen molar-refractivity contribution in [3.05, 3.63) is 353 Å². The van der Waals surface area contributed by atoms with E-state index in [1.165, 1.54) is 0 Å². The lowest BCUT2D eigenvalue weighted by Crippen LogP contribution is -1.92. The highest BCUT2D eigenvalue weighted by atomic mass is 14.8. The Morgan fingerprint density at radius 3 is 0.911 bits per heavy atom. The third kappa shape index (κ3) is 11.1. The Morgan fingerprint density at radius 1 is 0.143 bits per heavy atom. The van der Waals surface area contributed by atoms with Gasteiger partial charge < -0.3 is 0 Å². The third-order valence-corrected chi connectivity index (χ3v) is 21.8. The van der Waals surface area contributed by atoms with E-state index in [2.05, 4.69) is 302 Å². The number of benzene rings is 11. The molecule has 11 aromatic carbocycles. The maximum Gasteiger partial charge on any atom is 0.0972 e. The van der Waals surface area contributed by atoms with Crippen LogP contribution in [0.5, 0.6) is 0 Å². The molecule has 0 aliphatic carbocycles. The number of nitrogens with zero attached hydrogens (tertiary/aromatic N) is 12. The van der Waals surface area contributed by atoms with Crippen molar-refractivity contribution in [3.8, 4) is 89.7 Å². The van der Waals surface area contributed by atoms with Crippen molar-refractivity contribution in [1.29, 1.82) is 0 Å². The summed E-state index contributed by atoms with van der Waals surface area (Å²) in [6, 6.07) is 108. The van der Waals surface area contributed by atoms with Gasteiger partial charge in [-0.1, -0.05) is 182 Å². The largest absolute Gasteiger partial charge is 0.254 e. The zero-order chi connectivity index (χ0) is 73.7. The van der Waals surface area contributed by atoms with Gasteiger partial charge in [0.2, 0.25) is 0 Å². The van der Waals surface area contributed by atoms with Crippen molar-refractivity contribution >= 4 is 142 Å². The van der Waals surface area contributed by atoms with Crippen molar-refractivity contribution in [3.63, 3.8) is 0 Å². The molecule has 0 fully saturated rings. The first kappa shape index (κ1) is 63.8. The minimum atomic E-state index is 0.888. The van der Waals surface area contributed by atoms with Crippen LogP contribution in [0, 0.1) is 0 Å². The monoisotopic (exact) mass is 1430 g/mol. The topological polar surface area (TPSA) is 155 Å². The van der Waals surface area contributed by atoms with Gasteiger partial charge in [-0.25, -0.2) is 24.9 Å². The number of pyridine rings is 12. The van der Waals surface area contributed by atoms with Crippen LogP contribution in [0.15, 0.2) is 353 Å². The Balaban J connectivity index is 0.000000138. The number of aromatic nitrogens is 12. The first-order valence-corrected chi connectivity index (χ1v) is 37.3. The minimum absolute atomic E-state index is 0.888. The molecule has 0 unspecified atom stereocenters. The molecular weight excluding hydrogens is 1370 g/mol. The fourth-order valence-corrected chi connectivity index (χ4v) is 16.2. The molecule has 23 aromatic rings. The molecule has 12 heteroatoms. The maximum atomic E-state index is 5.19. The van der Waals surface area contributed by atoms with Gasteiger partial charge in [0.05, 0.1) is 94.7 Å². The molecular formula is C100H58N12. The lowest BCUT2D eigenvalue weighted by Gasteiger charge is -2.13. The molecule has 0 radical (unpaired) electrons. The summed E-state index contributed by atoms with van der Waals surface area (Å²) in [5.41, 5.74) is 27.8. The SMILES string of the molecule is c1cnc2c(c1)cc(-c1ccc(-c3ccc4cc(-c5ccc6nc(-c7ccnc8c7ccc7cccnc78)ccc6c5)ccc4n3)cc1)c1cccnc12.c1cnc2c(c1)ccc1ccc(-c3ccc(-c4ccc5cc(-c6ccc7nc(-c8ccnc9c8ccc8cccnc89)ccc7c6)ccc5n4)c4ccccc34)nc12. The summed E-state index contributed by atoms with van der Waals surface area (Å²) in [7, 11) is 0. The van der Waals surface area contributed by atoms with Crippen LogP contribution in [0.1, 0.15) is 0 Å². The Kier molecular flexibility index (Phi) is 15.0. The highest BCUT2D eigenvalue weighted by molar-refractivity contribution is 6.13. The third-order valence-electron chi connectivity index (χ3n) is 21.8. The molecule has 0 aliphatic heterocycles. The van der Waals surface area contributed by atoms with Gasteiger partial charge >= 0.3 is 0 Å². The average molecular weight is 1430 g/mol. The predicted octanol–water partition coefficient (Wildman–Crippen LogP) is 24.4. The lowest BCUT2D eigenvalue weighted by atomic mass is 9.95. The molecule has 0 atom stereocenters. The van der Waals surface area contributed by atoms with E-state index >= 15 is 0 Å². The predicted molar refractivity (Wildman–Crippen MR) is 457 cm³/mol. The van der Waals surface area contributed by atoms with Crippen LogP contribution >= 0.6 is 0 Å². The van der Waals surface area contributed by atoms with E-state index in [4.69, 9.17) is 24.9 Å². The van der Waals surface area contributed by atoms with Crippen LogP contribution in [-0.4, -0.2) is 59.8 Å². The van der Waals surface area contributed by atoms with Crippen LogP contribution in [0.2, 0.25) is 0 Å². The van der Waals surface area contributed by atoms with Gasteiger partial charge in [-0.2, -0.15) is 0 Å². The van der Waals surface area contributed by atoms with E-state index in [0.29, 0.717) is 0 Å². The number of fused-ring (bicyclic) bond motifs is 17. The summed E-state index contributed by atoms with van der Waals surface area (Å²) < 4.78 is 0. The molecule has 0 saturated carbocycles. The van der Waals surface area contributed by atoms with Crippen molar-refractivity contribution in [2.24, 2.45) is 0 Å². The Morgan fingerprint density at radius 2 is 0.446 bits per heavy atom. The molecule has 0 spiro atoms. The first-order chi connectivity index (χ1) is 55.4. The summed E-state index contributed by atoms with van der Waals surface area (Å²) >= 11 is 0. The maximum absolute atomic E-state index is 5.19. The zero-order valence-corrected chi connectivity index (χ0v) is 59.9. The minimum Gasteiger partial charge on any atom is -0.254 e. The molecule has 0 saturated heterocycles. The second-order valence-corrected chi connectivity index (χ2v) is 28.3. The molecule has 12 aromatic heterocycles. The van der Waals surface area contributed by atoms with Crippen LogP contribution in [0.3, 0.4) is 0 Å². The fourth-order valence-electron chi connectivity index (χ4n) is 16.2. The van der Waals surface area contributed by atoms with Crippen LogP contribution in [0.25, 0.3) is 231 Å². The number of rotatable bonds is 8. The van der Waals surface area contributed by atoms with Gasteiger partial charge in [-0.3, -0.25) is 34.9 Å². The van der Waals surface area contributed by atoms with Crippen molar-refractivity contribution in [2.75, 3.05) is 0 Å². The van der Waals surface area contributed by atoms with Gasteiger partial charge in [-0.05, 0) is 172 Å². The van der Waals surface area contributed by atoms with E-state index in [-0.39, 0.29) is 0 Å². The highest BCUT2D eigenvalue weighted by Gasteiger charge is 2.19. The standard InChI is InChI=1S/C52H30N6.C48H28N6/c1-2-8-39-38(7-1)40(18-19-41(39)48-22-12-33-10-9-31-5-3-26-53-49(31)51(33)58-48)46-23-15-36-29-34(13-20-44(36)56-46)35-14-21-45-37(30-35)16-24-47(57-45)42-25-28-55-52-43(42)17-11-32-6-4-27-54-50(32)52;1-4-31-11-16-39-37(21-25-52-48(39)45(31)49-22-1)44-20-15-35-27-33(13-18-43(35)54-44)32-12-17-42-34(26-32)14-19-41(53-42)30-9-7-29(8-10-30)40-28-36-5-2-23-50-46(36)47-38(40)6-3-24-51-47/h1-30H;1-28H. The summed E-state index contributed by atoms with van der Waals surface area (Å²) in [6.07, 6.45) is 12.8. The van der Waals surface area contributed by atoms with E-state index in [1.807, 2.05) is 85.8 Å². The van der Waals surface area contributed by atoms with Gasteiger partial charge in [-0.15, -0.1) is 0 Å². The molecule has 23 rings (SSSR count). The molecule has 0 bridgehead atoms. The summed E-state index contributed by atoms with van der Waals surface area (Å²) in [6.45, 7) is 0. The Labute approximate surface area is 639 Å². The van der Waals surface area contributed by atoms with Gasteiger partial charge in [0.1, 0.15) is 0 Å². The summed E-state index contributed by atoms with van der Waals surface area (Å²) in [5, 5.41) is 15.2.